The zero-order valence-electron chi connectivity index (χ0n) is 38.7. The first kappa shape index (κ1) is 56.3. The molecule has 0 radical (unpaired) electrons. The van der Waals surface area contributed by atoms with Gasteiger partial charge in [0.25, 0.3) is 0 Å². The Labute approximate surface area is 369 Å². The summed E-state index contributed by atoms with van der Waals surface area (Å²) in [5.41, 5.74) is 0. The molecule has 60 heavy (non-hydrogen) atoms. The van der Waals surface area contributed by atoms with Gasteiger partial charge < -0.3 is 14.2 Å². The Morgan fingerprint density at radius 2 is 0.700 bits per heavy atom. The maximum Gasteiger partial charge on any atom is 0.306 e. The van der Waals surface area contributed by atoms with E-state index in [0.717, 1.165) is 128 Å². The fourth-order valence-corrected chi connectivity index (χ4v) is 6.01. The second-order valence-corrected chi connectivity index (χ2v) is 15.2. The lowest BCUT2D eigenvalue weighted by Crippen LogP contribution is -2.30. The highest BCUT2D eigenvalue weighted by Crippen LogP contribution is 2.12. The van der Waals surface area contributed by atoms with E-state index in [0.29, 0.717) is 19.4 Å². The molecule has 0 spiro atoms. The Morgan fingerprint density at radius 1 is 0.367 bits per heavy atom. The first-order chi connectivity index (χ1) is 29.6. The molecule has 0 bridgehead atoms. The molecule has 338 valence electrons. The smallest absolute Gasteiger partial charge is 0.306 e. The van der Waals surface area contributed by atoms with Crippen LogP contribution in [-0.2, 0) is 23.8 Å². The van der Waals surface area contributed by atoms with Crippen molar-refractivity contribution in [1.29, 1.82) is 0 Å². The van der Waals surface area contributed by atoms with E-state index in [9.17, 15) is 9.59 Å². The number of carbonyl (C=O) groups is 2. The third-order valence-electron chi connectivity index (χ3n) is 9.47. The molecule has 0 fully saturated rings. The van der Waals surface area contributed by atoms with Gasteiger partial charge in [-0.05, 0) is 116 Å². The first-order valence-corrected chi connectivity index (χ1v) is 24.1. The lowest BCUT2D eigenvalue weighted by atomic mass is 10.1. The molecule has 0 rings (SSSR count). The van der Waals surface area contributed by atoms with Gasteiger partial charge in [0.15, 0.2) is 6.10 Å². The van der Waals surface area contributed by atoms with Crippen molar-refractivity contribution in [3.05, 3.63) is 122 Å². The molecule has 0 saturated heterocycles. The summed E-state index contributed by atoms with van der Waals surface area (Å²) in [6.45, 7) is 7.28. The van der Waals surface area contributed by atoms with Crippen LogP contribution in [0.3, 0.4) is 0 Å². The van der Waals surface area contributed by atoms with Gasteiger partial charge >= 0.3 is 11.9 Å². The van der Waals surface area contributed by atoms with Crippen LogP contribution in [0.15, 0.2) is 122 Å². The quantitative estimate of drug-likeness (QED) is 0.0348. The average Bonchev–Trinajstić information content (AvgIpc) is 3.25. The molecule has 0 aromatic carbocycles. The van der Waals surface area contributed by atoms with Crippen molar-refractivity contribution in [2.75, 3.05) is 19.8 Å². The summed E-state index contributed by atoms with van der Waals surface area (Å²) in [5, 5.41) is 0. The first-order valence-electron chi connectivity index (χ1n) is 24.1. The minimum atomic E-state index is -0.591. The number of unbranched alkanes of at least 4 members (excludes halogenated alkanes) is 11. The molecule has 0 saturated carbocycles. The predicted molar refractivity (Wildman–Crippen MR) is 260 cm³/mol. The standard InChI is InChI=1S/C55H88O5/c1-4-7-10-13-16-19-22-25-27-28-29-31-33-36-39-42-45-48-54(56)59-52-53(51-58-50-47-44-41-38-35-32-26-23-20-17-14-11-8-5-2)60-55(57)49-46-43-40-37-34-30-24-21-18-15-12-9-6-3/h7-12,16-21,25-27,30,32,34,38,41,53H,4-6,13-15,22-24,28-29,31,33,35-37,39-40,42-52H2,1-3H3/b10-7-,11-8-,12-9-,19-16-,20-17-,21-18-,27-25-,32-26-,34-30-,41-38-. The number of allylic oxidation sites excluding steroid dienone is 20. The molecular weight excluding hydrogens is 741 g/mol. The fraction of sp³-hybridized carbons (Fsp3) is 0.600. The fourth-order valence-electron chi connectivity index (χ4n) is 6.01. The van der Waals surface area contributed by atoms with Gasteiger partial charge in [0, 0.05) is 19.4 Å². The van der Waals surface area contributed by atoms with Crippen molar-refractivity contribution in [3.8, 4) is 0 Å². The molecule has 1 unspecified atom stereocenters. The zero-order chi connectivity index (χ0) is 43.5. The minimum Gasteiger partial charge on any atom is -0.462 e. The van der Waals surface area contributed by atoms with E-state index < -0.39 is 6.10 Å². The highest BCUT2D eigenvalue weighted by atomic mass is 16.6. The van der Waals surface area contributed by atoms with E-state index in [-0.39, 0.29) is 25.2 Å². The molecule has 0 amide bonds. The summed E-state index contributed by atoms with van der Waals surface area (Å²) in [6.07, 6.45) is 69.3. The number of hydrogen-bond acceptors (Lipinski definition) is 5. The van der Waals surface area contributed by atoms with Crippen LogP contribution in [-0.4, -0.2) is 37.9 Å². The van der Waals surface area contributed by atoms with E-state index in [4.69, 9.17) is 14.2 Å². The topological polar surface area (TPSA) is 61.8 Å². The number of esters is 2. The van der Waals surface area contributed by atoms with Crippen LogP contribution >= 0.6 is 0 Å². The lowest BCUT2D eigenvalue weighted by Gasteiger charge is -2.18. The second-order valence-electron chi connectivity index (χ2n) is 15.2. The highest BCUT2D eigenvalue weighted by molar-refractivity contribution is 5.70. The monoisotopic (exact) mass is 829 g/mol. The molecular formula is C55H88O5. The van der Waals surface area contributed by atoms with E-state index in [1.165, 1.54) is 25.7 Å². The summed E-state index contributed by atoms with van der Waals surface area (Å²) in [7, 11) is 0. The van der Waals surface area contributed by atoms with Crippen molar-refractivity contribution in [3.63, 3.8) is 0 Å². The van der Waals surface area contributed by atoms with E-state index in [1.807, 2.05) is 0 Å². The molecule has 0 aliphatic rings. The van der Waals surface area contributed by atoms with Crippen LogP contribution < -0.4 is 0 Å². The second kappa shape index (κ2) is 49.7. The highest BCUT2D eigenvalue weighted by Gasteiger charge is 2.17. The van der Waals surface area contributed by atoms with Gasteiger partial charge in [0.05, 0.1) is 6.61 Å². The van der Waals surface area contributed by atoms with Crippen molar-refractivity contribution < 1.29 is 23.8 Å². The van der Waals surface area contributed by atoms with Crippen LogP contribution in [0, 0.1) is 0 Å². The van der Waals surface area contributed by atoms with Gasteiger partial charge in [0.1, 0.15) is 6.61 Å². The van der Waals surface area contributed by atoms with Gasteiger partial charge in [-0.3, -0.25) is 9.59 Å². The Bertz CT molecular complexity index is 1260. The maximum atomic E-state index is 12.7. The minimum absolute atomic E-state index is 0.0383. The molecule has 0 aromatic heterocycles. The van der Waals surface area contributed by atoms with Gasteiger partial charge in [0.2, 0.25) is 0 Å². The normalized spacial score (nSPS) is 13.3. The van der Waals surface area contributed by atoms with Crippen molar-refractivity contribution in [2.24, 2.45) is 0 Å². The Morgan fingerprint density at radius 3 is 1.13 bits per heavy atom. The van der Waals surface area contributed by atoms with Crippen molar-refractivity contribution in [2.45, 2.75) is 194 Å². The van der Waals surface area contributed by atoms with Crippen molar-refractivity contribution >= 4 is 11.9 Å². The maximum absolute atomic E-state index is 12.7. The number of rotatable bonds is 42. The summed E-state index contributed by atoms with van der Waals surface area (Å²) in [5.74, 6) is -0.484. The van der Waals surface area contributed by atoms with Crippen LogP contribution in [0.2, 0.25) is 0 Å². The summed E-state index contributed by atoms with van der Waals surface area (Å²) in [4.78, 5) is 25.3. The van der Waals surface area contributed by atoms with Crippen LogP contribution in [0.5, 0.6) is 0 Å². The summed E-state index contributed by atoms with van der Waals surface area (Å²) < 4.78 is 17.3. The van der Waals surface area contributed by atoms with Crippen molar-refractivity contribution in [1.82, 2.24) is 0 Å². The Hall–Kier alpha value is -3.70. The third kappa shape index (κ3) is 47.0. The molecule has 5 heteroatoms. The van der Waals surface area contributed by atoms with Crippen LogP contribution in [0.1, 0.15) is 188 Å². The molecule has 0 heterocycles. The largest absolute Gasteiger partial charge is 0.462 e. The van der Waals surface area contributed by atoms with Gasteiger partial charge in [-0.1, -0.05) is 181 Å². The molecule has 1 atom stereocenters. The number of ether oxygens (including phenoxy) is 3. The Balaban J connectivity index is 4.42. The zero-order valence-corrected chi connectivity index (χ0v) is 38.7. The summed E-state index contributed by atoms with van der Waals surface area (Å²) in [6, 6.07) is 0. The predicted octanol–water partition coefficient (Wildman–Crippen LogP) is 16.2. The molecule has 0 N–H and O–H groups in total. The molecule has 0 aliphatic heterocycles. The molecule has 5 nitrogen and oxygen atoms in total. The third-order valence-corrected chi connectivity index (χ3v) is 9.47. The van der Waals surface area contributed by atoms with Gasteiger partial charge in [-0.15, -0.1) is 0 Å². The van der Waals surface area contributed by atoms with Gasteiger partial charge in [-0.2, -0.15) is 0 Å². The number of hydrogen-bond donors (Lipinski definition) is 0. The van der Waals surface area contributed by atoms with Crippen LogP contribution in [0.4, 0.5) is 0 Å². The SMILES string of the molecule is CC/C=C\C/C=C\C/C=C\C/C=C\CCCOCC(COC(=O)CCCCCCCCC/C=C\C/C=C\C/C=C\CC)OC(=O)CCCCC/C=C\C/C=C\C/C=C\CC. The van der Waals surface area contributed by atoms with E-state index >= 15 is 0 Å². The van der Waals surface area contributed by atoms with E-state index in [1.54, 1.807) is 0 Å². The van der Waals surface area contributed by atoms with E-state index in [2.05, 4.69) is 142 Å². The molecule has 0 aliphatic carbocycles. The number of carbonyl (C=O) groups excluding carboxylic acids is 2. The molecule has 0 aromatic rings. The lowest BCUT2D eigenvalue weighted by molar-refractivity contribution is -0.163. The summed E-state index contributed by atoms with van der Waals surface area (Å²) >= 11 is 0. The average molecular weight is 829 g/mol. The Kier molecular flexibility index (Phi) is 46.6. The van der Waals surface area contributed by atoms with Crippen LogP contribution in [0.25, 0.3) is 0 Å². The van der Waals surface area contributed by atoms with Gasteiger partial charge in [-0.25, -0.2) is 0 Å².